The first-order chi connectivity index (χ1) is 12.3. The van der Waals surface area contributed by atoms with E-state index in [4.69, 9.17) is 4.52 Å². The van der Waals surface area contributed by atoms with Crippen LogP contribution in [0.15, 0.2) is 0 Å². The van der Waals surface area contributed by atoms with Gasteiger partial charge in [-0.3, -0.25) is 0 Å². The van der Waals surface area contributed by atoms with Crippen LogP contribution >= 0.6 is 8.15 Å². The number of likely N-dealkylation sites (N-methyl/N-ethyl adjacent to an activating group) is 1. The van der Waals surface area contributed by atoms with Crippen LogP contribution in [0.1, 0.15) is 90.9 Å². The predicted molar refractivity (Wildman–Crippen MR) is 114 cm³/mol. The van der Waals surface area contributed by atoms with Gasteiger partial charge in [-0.05, 0) is 0 Å². The van der Waals surface area contributed by atoms with Crippen molar-refractivity contribution in [1.29, 1.82) is 0 Å². The fourth-order valence-corrected chi connectivity index (χ4v) is 4.48. The summed E-state index contributed by atoms with van der Waals surface area (Å²) in [6.07, 6.45) is 12.2. The van der Waals surface area contributed by atoms with Gasteiger partial charge in [0.2, 0.25) is 0 Å². The molecule has 0 aliphatic rings. The summed E-state index contributed by atoms with van der Waals surface area (Å²) in [7, 11) is 4.30. The van der Waals surface area contributed by atoms with E-state index in [0.717, 1.165) is 36.7 Å². The maximum absolute atomic E-state index is 12.6. The second-order valence-corrected chi connectivity index (χ2v) is 10.4. The number of carbonyl (C=O) groups is 2. The van der Waals surface area contributed by atoms with Gasteiger partial charge in [-0.1, -0.05) is 0 Å². The Hall–Kier alpha value is -0.310. The second kappa shape index (κ2) is 15.7. The van der Waals surface area contributed by atoms with Gasteiger partial charge < -0.3 is 0 Å². The molecule has 26 heavy (non-hydrogen) atoms. The Balaban J connectivity index is 4.42. The number of quaternary nitrogens is 1. The first-order valence-corrected chi connectivity index (χ1v) is 12.1. The fraction of sp³-hybridized carbons (Fsp3) is 0.905. The quantitative estimate of drug-likeness (QED) is 0.174. The summed E-state index contributed by atoms with van der Waals surface area (Å²) in [4.78, 5) is 25.2. The molecular formula is C21H44NO3P. The van der Waals surface area contributed by atoms with Crippen LogP contribution in [0, 0.1) is 0 Å². The SMILES string of the molecule is CCCCCCCC(=O)[PH-](OCC[N+](C)(C)C)C(=O)CCCCCCC. The Morgan fingerprint density at radius 1 is 0.731 bits per heavy atom. The first-order valence-electron chi connectivity index (χ1n) is 10.7. The van der Waals surface area contributed by atoms with Gasteiger partial charge in [0.25, 0.3) is 0 Å². The van der Waals surface area contributed by atoms with Gasteiger partial charge in [-0.2, -0.15) is 0 Å². The van der Waals surface area contributed by atoms with Crippen LogP contribution in [0.5, 0.6) is 0 Å². The summed E-state index contributed by atoms with van der Waals surface area (Å²) in [6.45, 7) is 5.70. The molecule has 156 valence electrons. The van der Waals surface area contributed by atoms with Crippen LogP contribution in [0.3, 0.4) is 0 Å². The van der Waals surface area contributed by atoms with Gasteiger partial charge in [0, 0.05) is 0 Å². The third-order valence-corrected chi connectivity index (χ3v) is 6.54. The predicted octanol–water partition coefficient (Wildman–Crippen LogP) is 5.61. The summed E-state index contributed by atoms with van der Waals surface area (Å²) in [5.41, 5.74) is 0.179. The molecule has 0 fully saturated rings. The number of unbranched alkanes of at least 4 members (excludes halogenated alkanes) is 8. The summed E-state index contributed by atoms with van der Waals surface area (Å²) < 4.78 is 6.67. The molecular weight excluding hydrogens is 345 g/mol. The van der Waals surface area contributed by atoms with Gasteiger partial charge in [0.05, 0.1) is 0 Å². The van der Waals surface area contributed by atoms with E-state index in [1.807, 2.05) is 0 Å². The van der Waals surface area contributed by atoms with Gasteiger partial charge in [0.1, 0.15) is 0 Å². The normalized spacial score (nSPS) is 12.3. The molecule has 0 aromatic carbocycles. The van der Waals surface area contributed by atoms with Crippen molar-refractivity contribution >= 4 is 19.2 Å². The molecule has 0 amide bonds. The van der Waals surface area contributed by atoms with E-state index in [-0.39, 0.29) is 11.0 Å². The van der Waals surface area contributed by atoms with Crippen LogP contribution < -0.4 is 0 Å². The standard InChI is InChI=1S/C21H44NO3P/c1-6-8-10-12-14-16-20(23)26(25-19-18-22(3,4)5)21(24)17-15-13-11-9-7-2/h26H,6-19H2,1-5H3. The molecule has 0 unspecified atom stereocenters. The number of nitrogens with zero attached hydrogens (tertiary/aromatic N) is 1. The van der Waals surface area contributed by atoms with Crippen molar-refractivity contribution in [3.05, 3.63) is 0 Å². The number of carbonyl (C=O) groups excluding carboxylic acids is 2. The average Bonchev–Trinajstić information content (AvgIpc) is 2.57. The fourth-order valence-electron chi connectivity index (χ4n) is 2.74. The molecule has 0 spiro atoms. The molecule has 0 N–H and O–H groups in total. The topological polar surface area (TPSA) is 43.4 Å². The zero-order valence-corrected chi connectivity index (χ0v) is 19.1. The Kier molecular flexibility index (Phi) is 15.5. The molecule has 4 nitrogen and oxygen atoms in total. The van der Waals surface area contributed by atoms with Crippen molar-refractivity contribution in [3.63, 3.8) is 0 Å². The number of rotatable bonds is 18. The van der Waals surface area contributed by atoms with Crippen molar-refractivity contribution in [2.45, 2.75) is 90.9 Å². The minimum atomic E-state index is -1.99. The van der Waals surface area contributed by atoms with Gasteiger partial charge >= 0.3 is 163 Å². The monoisotopic (exact) mass is 389 g/mol. The molecule has 0 aromatic rings. The summed E-state index contributed by atoms with van der Waals surface area (Å²) in [5, 5.41) is 0. The van der Waals surface area contributed by atoms with Gasteiger partial charge in [-0.15, -0.1) is 0 Å². The summed E-state index contributed by atoms with van der Waals surface area (Å²) in [5.74, 6) is 0. The van der Waals surface area contributed by atoms with E-state index >= 15 is 0 Å². The van der Waals surface area contributed by atoms with Crippen molar-refractivity contribution < 1.29 is 18.6 Å². The second-order valence-electron chi connectivity index (χ2n) is 8.37. The minimum absolute atomic E-state index is 0.0893. The van der Waals surface area contributed by atoms with E-state index in [9.17, 15) is 9.59 Å². The van der Waals surface area contributed by atoms with E-state index in [0.29, 0.717) is 19.4 Å². The van der Waals surface area contributed by atoms with E-state index in [1.54, 1.807) is 0 Å². The third-order valence-electron chi connectivity index (χ3n) is 4.53. The maximum atomic E-state index is 12.6. The van der Waals surface area contributed by atoms with Gasteiger partial charge in [0.15, 0.2) is 0 Å². The van der Waals surface area contributed by atoms with Crippen LogP contribution in [0.4, 0.5) is 0 Å². The van der Waals surface area contributed by atoms with E-state index < -0.39 is 8.15 Å². The third kappa shape index (κ3) is 14.8. The van der Waals surface area contributed by atoms with Crippen molar-refractivity contribution in [2.75, 3.05) is 34.3 Å². The molecule has 0 radical (unpaired) electrons. The van der Waals surface area contributed by atoms with E-state index in [2.05, 4.69) is 35.0 Å². The number of hydrogen-bond donors (Lipinski definition) is 0. The van der Waals surface area contributed by atoms with Crippen molar-refractivity contribution in [3.8, 4) is 0 Å². The molecule has 0 bridgehead atoms. The molecule has 0 saturated carbocycles. The first kappa shape index (κ1) is 25.7. The molecule has 0 atom stereocenters. The molecule has 0 rings (SSSR count). The molecule has 0 aliphatic heterocycles. The summed E-state index contributed by atoms with van der Waals surface area (Å²) >= 11 is 0. The van der Waals surface area contributed by atoms with Gasteiger partial charge in [-0.25, -0.2) is 0 Å². The zero-order chi connectivity index (χ0) is 19.8. The molecule has 0 aromatic heterocycles. The molecule has 5 heteroatoms. The van der Waals surface area contributed by atoms with E-state index in [1.165, 1.54) is 38.5 Å². The van der Waals surface area contributed by atoms with Crippen LogP contribution in [0.25, 0.3) is 0 Å². The number of hydrogen-bond acceptors (Lipinski definition) is 3. The van der Waals surface area contributed by atoms with Crippen LogP contribution in [-0.2, 0) is 14.1 Å². The Labute approximate surface area is 163 Å². The molecule has 0 heterocycles. The Morgan fingerprint density at radius 2 is 1.15 bits per heavy atom. The Bertz CT molecular complexity index is 354. The Morgan fingerprint density at radius 3 is 1.54 bits per heavy atom. The molecule has 0 saturated heterocycles. The summed E-state index contributed by atoms with van der Waals surface area (Å²) in [6, 6.07) is 0. The molecule has 0 aliphatic carbocycles. The zero-order valence-electron chi connectivity index (χ0n) is 18.1. The average molecular weight is 390 g/mol. The van der Waals surface area contributed by atoms with Crippen molar-refractivity contribution in [1.82, 2.24) is 0 Å². The van der Waals surface area contributed by atoms with Crippen LogP contribution in [0.2, 0.25) is 0 Å². The van der Waals surface area contributed by atoms with Crippen molar-refractivity contribution in [2.24, 2.45) is 0 Å². The van der Waals surface area contributed by atoms with Crippen LogP contribution in [-0.4, -0.2) is 49.8 Å².